The topological polar surface area (TPSA) is 3.24 Å². The summed E-state index contributed by atoms with van der Waals surface area (Å²) >= 11 is 0. The fourth-order valence-corrected chi connectivity index (χ4v) is 9.49. The molecule has 0 fully saturated rings. The van der Waals surface area contributed by atoms with Gasteiger partial charge in [-0.05, 0) is 120 Å². The van der Waals surface area contributed by atoms with E-state index in [1.807, 2.05) is 0 Å². The molecule has 0 unspecified atom stereocenters. The smallest absolute Gasteiger partial charge is 0.0462 e. The van der Waals surface area contributed by atoms with Crippen LogP contribution < -0.4 is 4.90 Å². The molecule has 8 aromatic carbocycles. The molecular formula is C52H41N. The summed E-state index contributed by atoms with van der Waals surface area (Å²) in [6.45, 7) is 9.57. The van der Waals surface area contributed by atoms with Crippen molar-refractivity contribution < 1.29 is 0 Å². The molecule has 0 heterocycles. The second-order valence-electron chi connectivity index (χ2n) is 15.7. The number of hydrogen-bond donors (Lipinski definition) is 0. The van der Waals surface area contributed by atoms with Crippen molar-refractivity contribution in [2.24, 2.45) is 0 Å². The molecule has 0 saturated carbocycles. The molecule has 0 aliphatic heterocycles. The summed E-state index contributed by atoms with van der Waals surface area (Å²) in [5.74, 6) is 0. The van der Waals surface area contributed by atoms with Gasteiger partial charge < -0.3 is 4.90 Å². The highest BCUT2D eigenvalue weighted by molar-refractivity contribution is 6.10. The van der Waals surface area contributed by atoms with Gasteiger partial charge in [-0.3, -0.25) is 0 Å². The van der Waals surface area contributed by atoms with E-state index in [0.29, 0.717) is 0 Å². The van der Waals surface area contributed by atoms with E-state index in [1.165, 1.54) is 77.5 Å². The zero-order valence-electron chi connectivity index (χ0n) is 30.7. The molecule has 0 atom stereocenters. The number of rotatable bonds is 5. The standard InChI is InChI=1S/C52H41N/c1-51(2)45-23-12-11-20-42(45)43-32-28-36(33-47(43)51)40-31-27-35-15-13-24-46-48(35)49(40)44-22-14-21-41(50(44)52(46,3)4)34-25-29-39(30-26-34)53(37-16-7-5-8-17-37)38-18-9-6-10-19-38/h5-33H,1-4H3. The summed E-state index contributed by atoms with van der Waals surface area (Å²) < 4.78 is 0. The van der Waals surface area contributed by atoms with E-state index in [2.05, 4.69) is 209 Å². The third-order valence-electron chi connectivity index (χ3n) is 12.0. The maximum Gasteiger partial charge on any atom is 0.0462 e. The Morgan fingerprint density at radius 1 is 0.358 bits per heavy atom. The van der Waals surface area contributed by atoms with E-state index in [1.54, 1.807) is 0 Å². The molecule has 0 spiro atoms. The maximum atomic E-state index is 2.48. The van der Waals surface area contributed by atoms with E-state index in [-0.39, 0.29) is 10.8 Å². The third kappa shape index (κ3) is 4.70. The van der Waals surface area contributed by atoms with E-state index in [4.69, 9.17) is 0 Å². The lowest BCUT2D eigenvalue weighted by molar-refractivity contribution is 0.647. The number of para-hydroxylation sites is 2. The molecule has 0 radical (unpaired) electrons. The first kappa shape index (κ1) is 31.5. The van der Waals surface area contributed by atoms with Crippen LogP contribution in [-0.2, 0) is 10.8 Å². The molecular weight excluding hydrogens is 639 g/mol. The Morgan fingerprint density at radius 2 is 0.906 bits per heavy atom. The predicted octanol–water partition coefficient (Wildman–Crippen LogP) is 14.3. The van der Waals surface area contributed by atoms with Gasteiger partial charge in [-0.1, -0.05) is 161 Å². The number of nitrogens with zero attached hydrogens (tertiary/aromatic N) is 1. The second kappa shape index (κ2) is 11.7. The zero-order chi connectivity index (χ0) is 35.9. The molecule has 0 aromatic heterocycles. The Balaban J connectivity index is 1.15. The Morgan fingerprint density at radius 3 is 1.64 bits per heavy atom. The quantitative estimate of drug-likeness (QED) is 0.175. The van der Waals surface area contributed by atoms with Gasteiger partial charge in [-0.25, -0.2) is 0 Å². The van der Waals surface area contributed by atoms with Gasteiger partial charge >= 0.3 is 0 Å². The maximum absolute atomic E-state index is 2.48. The molecule has 254 valence electrons. The van der Waals surface area contributed by atoms with Crippen molar-refractivity contribution in [3.63, 3.8) is 0 Å². The summed E-state index contributed by atoms with van der Waals surface area (Å²) in [5, 5.41) is 2.67. The minimum Gasteiger partial charge on any atom is -0.311 e. The van der Waals surface area contributed by atoms with Gasteiger partial charge in [0.05, 0.1) is 0 Å². The predicted molar refractivity (Wildman–Crippen MR) is 225 cm³/mol. The Hall–Kier alpha value is -6.18. The SMILES string of the molecule is CC1(C)c2ccccc2-c2ccc(-c3ccc4cccc5c4c3-c3cccc(-c4ccc(N(c6ccccc6)c6ccccc6)cc4)c3C5(C)C)cc21. The summed E-state index contributed by atoms with van der Waals surface area (Å²) in [6.07, 6.45) is 0. The minimum absolute atomic E-state index is 0.0585. The third-order valence-corrected chi connectivity index (χ3v) is 12.0. The van der Waals surface area contributed by atoms with E-state index < -0.39 is 0 Å². The van der Waals surface area contributed by atoms with Crippen LogP contribution in [0.4, 0.5) is 17.1 Å². The van der Waals surface area contributed by atoms with Crippen molar-refractivity contribution in [3.05, 3.63) is 198 Å². The van der Waals surface area contributed by atoms with Crippen LogP contribution >= 0.6 is 0 Å². The minimum atomic E-state index is -0.211. The highest BCUT2D eigenvalue weighted by Crippen LogP contribution is 2.55. The van der Waals surface area contributed by atoms with Gasteiger partial charge in [0.2, 0.25) is 0 Å². The van der Waals surface area contributed by atoms with Crippen molar-refractivity contribution in [3.8, 4) is 44.5 Å². The van der Waals surface area contributed by atoms with Crippen LogP contribution in [0, 0.1) is 0 Å². The van der Waals surface area contributed by atoms with Crippen molar-refractivity contribution in [1.29, 1.82) is 0 Å². The van der Waals surface area contributed by atoms with Gasteiger partial charge in [0.1, 0.15) is 0 Å². The van der Waals surface area contributed by atoms with Crippen LogP contribution in [0.1, 0.15) is 49.9 Å². The molecule has 2 aliphatic rings. The van der Waals surface area contributed by atoms with Crippen LogP contribution in [0.3, 0.4) is 0 Å². The average molecular weight is 680 g/mol. The highest BCUT2D eigenvalue weighted by Gasteiger charge is 2.38. The normalized spacial score (nSPS) is 14.3. The first-order chi connectivity index (χ1) is 25.8. The molecule has 0 amide bonds. The van der Waals surface area contributed by atoms with Crippen molar-refractivity contribution in [2.45, 2.75) is 38.5 Å². The van der Waals surface area contributed by atoms with Crippen LogP contribution in [0.25, 0.3) is 55.3 Å². The number of hydrogen-bond acceptors (Lipinski definition) is 1. The van der Waals surface area contributed by atoms with E-state index in [9.17, 15) is 0 Å². The largest absolute Gasteiger partial charge is 0.311 e. The van der Waals surface area contributed by atoms with Crippen molar-refractivity contribution in [1.82, 2.24) is 0 Å². The lowest BCUT2D eigenvalue weighted by Gasteiger charge is -2.38. The Kier molecular flexibility index (Phi) is 6.94. The number of fused-ring (bicyclic) bond motifs is 5. The summed E-state index contributed by atoms with van der Waals surface area (Å²) in [6, 6.07) is 65.1. The van der Waals surface area contributed by atoms with Gasteiger partial charge in [-0.2, -0.15) is 0 Å². The van der Waals surface area contributed by atoms with Crippen LogP contribution in [0.2, 0.25) is 0 Å². The Labute approximate surface area is 312 Å². The zero-order valence-corrected chi connectivity index (χ0v) is 30.7. The highest BCUT2D eigenvalue weighted by atomic mass is 15.1. The molecule has 1 nitrogen and oxygen atoms in total. The van der Waals surface area contributed by atoms with Crippen LogP contribution in [-0.4, -0.2) is 0 Å². The monoisotopic (exact) mass is 679 g/mol. The van der Waals surface area contributed by atoms with Crippen LogP contribution in [0.5, 0.6) is 0 Å². The van der Waals surface area contributed by atoms with Crippen molar-refractivity contribution >= 4 is 27.8 Å². The molecule has 8 aromatic rings. The van der Waals surface area contributed by atoms with Crippen LogP contribution in [0.15, 0.2) is 176 Å². The fourth-order valence-electron chi connectivity index (χ4n) is 9.49. The average Bonchev–Trinajstić information content (AvgIpc) is 3.43. The molecule has 0 bridgehead atoms. The fraction of sp³-hybridized carbons (Fsp3) is 0.115. The summed E-state index contributed by atoms with van der Waals surface area (Å²) in [4.78, 5) is 2.33. The Bertz CT molecular complexity index is 2660. The van der Waals surface area contributed by atoms with E-state index in [0.717, 1.165) is 17.1 Å². The van der Waals surface area contributed by atoms with Gasteiger partial charge in [0.15, 0.2) is 0 Å². The van der Waals surface area contributed by atoms with E-state index >= 15 is 0 Å². The van der Waals surface area contributed by atoms with Gasteiger partial charge in [0, 0.05) is 27.9 Å². The molecule has 0 saturated heterocycles. The lowest BCUT2D eigenvalue weighted by atomic mass is 9.65. The van der Waals surface area contributed by atoms with Gasteiger partial charge in [-0.15, -0.1) is 0 Å². The summed E-state index contributed by atoms with van der Waals surface area (Å²) in [7, 11) is 0. The molecule has 0 N–H and O–H groups in total. The molecule has 10 rings (SSSR count). The lowest BCUT2D eigenvalue weighted by Crippen LogP contribution is -2.25. The second-order valence-corrected chi connectivity index (χ2v) is 15.7. The van der Waals surface area contributed by atoms with Crippen molar-refractivity contribution in [2.75, 3.05) is 4.90 Å². The number of anilines is 3. The molecule has 53 heavy (non-hydrogen) atoms. The van der Waals surface area contributed by atoms with Gasteiger partial charge in [0.25, 0.3) is 0 Å². The molecule has 2 aliphatic carbocycles. The number of benzene rings is 8. The first-order valence-electron chi connectivity index (χ1n) is 18.8. The first-order valence-corrected chi connectivity index (χ1v) is 18.8. The molecule has 1 heteroatoms. The summed E-state index contributed by atoms with van der Waals surface area (Å²) in [5.41, 5.74) is 19.2.